The molecule has 2 amide bonds. The number of rotatable bonds is 7. The Balaban J connectivity index is 0.000000162. The lowest BCUT2D eigenvalue weighted by molar-refractivity contribution is -0.120. The van der Waals surface area contributed by atoms with Crippen molar-refractivity contribution in [2.45, 2.75) is 12.8 Å². The van der Waals surface area contributed by atoms with E-state index in [0.717, 1.165) is 48.4 Å². The summed E-state index contributed by atoms with van der Waals surface area (Å²) in [6, 6.07) is 30.3. The lowest BCUT2D eigenvalue weighted by Crippen LogP contribution is -2.25. The van der Waals surface area contributed by atoms with E-state index in [1.165, 1.54) is 22.7 Å². The predicted octanol–water partition coefficient (Wildman–Crippen LogP) is 7.42. The zero-order valence-corrected chi connectivity index (χ0v) is 29.9. The molecule has 0 aliphatic carbocycles. The monoisotopic (exact) mass is 726 g/mol. The number of methoxy groups -OCH3 is 1. The van der Waals surface area contributed by atoms with Gasteiger partial charge in [0.15, 0.2) is 22.6 Å². The van der Waals surface area contributed by atoms with Gasteiger partial charge in [-0.1, -0.05) is 77.3 Å². The minimum absolute atomic E-state index is 0.0555. The van der Waals surface area contributed by atoms with Gasteiger partial charge in [-0.15, -0.1) is 0 Å². The van der Waals surface area contributed by atoms with Crippen molar-refractivity contribution < 1.29 is 14.3 Å². The highest BCUT2D eigenvalue weighted by Crippen LogP contribution is 2.33. The topological polar surface area (TPSA) is 147 Å². The highest BCUT2D eigenvalue weighted by atomic mass is 32.1. The van der Waals surface area contributed by atoms with Crippen LogP contribution in [0.15, 0.2) is 91.0 Å². The molecule has 2 atom stereocenters. The Kier molecular flexibility index (Phi) is 10.2. The van der Waals surface area contributed by atoms with Gasteiger partial charge < -0.3 is 25.2 Å². The molecule has 13 heteroatoms. The van der Waals surface area contributed by atoms with Crippen molar-refractivity contribution in [1.29, 1.82) is 10.5 Å². The summed E-state index contributed by atoms with van der Waals surface area (Å²) in [5.41, 5.74) is 6.22. The first kappa shape index (κ1) is 34.4. The third-order valence-corrected chi connectivity index (χ3v) is 11.0. The van der Waals surface area contributed by atoms with Gasteiger partial charge in [-0.25, -0.2) is 9.97 Å². The molecule has 4 aromatic carbocycles. The third-order valence-electron chi connectivity index (χ3n) is 9.17. The average molecular weight is 727 g/mol. The molecule has 8 rings (SSSR count). The van der Waals surface area contributed by atoms with Gasteiger partial charge in [0.05, 0.1) is 39.4 Å². The number of aromatic nitrogens is 2. The molecular weight excluding hydrogens is 693 g/mol. The second-order valence-electron chi connectivity index (χ2n) is 12.5. The van der Waals surface area contributed by atoms with Crippen molar-refractivity contribution in [2.24, 2.45) is 11.8 Å². The normalized spacial score (nSPS) is 16.5. The van der Waals surface area contributed by atoms with E-state index in [2.05, 4.69) is 57.3 Å². The number of nitriles is 2. The van der Waals surface area contributed by atoms with Crippen LogP contribution in [0.1, 0.15) is 12.8 Å². The largest absolute Gasteiger partial charge is 0.497 e. The van der Waals surface area contributed by atoms with E-state index in [0.29, 0.717) is 49.3 Å². The molecular formula is C39H34N8O3S2. The Morgan fingerprint density at radius 3 is 1.60 bits per heavy atom. The van der Waals surface area contributed by atoms with Crippen LogP contribution >= 0.6 is 22.7 Å². The standard InChI is InChI=1S/C20H18N4O2S.C19H16N4OS/c1-26-16-5-2-13(3-6-16)14-4-7-17-18(10-14)27-20(22-17)23-19(25)15-8-9-24(11-15)12-21;20-12-23-9-8-15(11-23)18(24)22-19-21-16-7-6-14(10-17(16)25-19)13-4-2-1-3-5-13/h2-7,10,15H,8-9,11H2,1H3,(H,22,23,25);1-7,10,15H,8-9,11H2,(H,21,22,24)/t2*15-/m00/s1. The van der Waals surface area contributed by atoms with Crippen molar-refractivity contribution in [1.82, 2.24) is 19.8 Å². The molecule has 0 unspecified atom stereocenters. The maximum atomic E-state index is 12.4. The zero-order valence-electron chi connectivity index (χ0n) is 28.3. The van der Waals surface area contributed by atoms with Crippen LogP contribution in [0.3, 0.4) is 0 Å². The number of nitrogens with zero attached hydrogens (tertiary/aromatic N) is 6. The van der Waals surface area contributed by atoms with Crippen molar-refractivity contribution in [3.63, 3.8) is 0 Å². The van der Waals surface area contributed by atoms with Gasteiger partial charge in [-0.3, -0.25) is 9.59 Å². The van der Waals surface area contributed by atoms with Crippen LogP contribution in [-0.4, -0.2) is 64.9 Å². The van der Waals surface area contributed by atoms with E-state index in [1.54, 1.807) is 16.9 Å². The van der Waals surface area contributed by atoms with Gasteiger partial charge in [0, 0.05) is 26.2 Å². The maximum absolute atomic E-state index is 12.4. The fourth-order valence-corrected chi connectivity index (χ4v) is 8.09. The van der Waals surface area contributed by atoms with E-state index < -0.39 is 0 Å². The molecule has 0 bridgehead atoms. The number of nitrogens with one attached hydrogen (secondary N) is 2. The molecule has 2 saturated heterocycles. The van der Waals surface area contributed by atoms with Gasteiger partial charge in [-0.05, 0) is 71.5 Å². The average Bonchev–Trinajstić information content (AvgIpc) is 4.00. The molecule has 4 heterocycles. The Hall–Kier alpha value is -6.02. The number of likely N-dealkylation sites (tertiary alicyclic amines) is 2. The molecule has 52 heavy (non-hydrogen) atoms. The quantitative estimate of drug-likeness (QED) is 0.161. The van der Waals surface area contributed by atoms with Gasteiger partial charge in [0.1, 0.15) is 5.75 Å². The molecule has 2 aliphatic rings. The van der Waals surface area contributed by atoms with Crippen molar-refractivity contribution >= 4 is 65.2 Å². The molecule has 11 nitrogen and oxygen atoms in total. The van der Waals surface area contributed by atoms with Crippen LogP contribution in [0.2, 0.25) is 0 Å². The van der Waals surface area contributed by atoms with Crippen LogP contribution in [0.4, 0.5) is 10.3 Å². The summed E-state index contributed by atoms with van der Waals surface area (Å²) in [4.78, 5) is 37.0. The lowest BCUT2D eigenvalue weighted by Gasteiger charge is -2.08. The lowest BCUT2D eigenvalue weighted by atomic mass is 10.1. The molecule has 260 valence electrons. The van der Waals surface area contributed by atoms with Crippen LogP contribution in [0, 0.1) is 34.7 Å². The number of carbonyl (C=O) groups excluding carboxylic acids is 2. The second kappa shape index (κ2) is 15.5. The summed E-state index contributed by atoms with van der Waals surface area (Å²) in [7, 11) is 1.65. The van der Waals surface area contributed by atoms with E-state index in [9.17, 15) is 9.59 Å². The summed E-state index contributed by atoms with van der Waals surface area (Å²) in [6.07, 6.45) is 5.60. The number of amides is 2. The number of carbonyl (C=O) groups is 2. The molecule has 6 aromatic rings. The molecule has 0 spiro atoms. The fraction of sp³-hybridized carbons (Fsp3) is 0.231. The van der Waals surface area contributed by atoms with E-state index in [-0.39, 0.29) is 23.7 Å². The number of hydrogen-bond acceptors (Lipinski definition) is 11. The summed E-state index contributed by atoms with van der Waals surface area (Å²) >= 11 is 2.94. The Morgan fingerprint density at radius 2 is 1.15 bits per heavy atom. The van der Waals surface area contributed by atoms with Gasteiger partial charge in [-0.2, -0.15) is 10.5 Å². The zero-order chi connectivity index (χ0) is 36.0. The number of fused-ring (bicyclic) bond motifs is 2. The first-order chi connectivity index (χ1) is 25.4. The number of anilines is 2. The van der Waals surface area contributed by atoms with Crippen molar-refractivity contribution in [3.8, 4) is 40.4 Å². The highest BCUT2D eigenvalue weighted by molar-refractivity contribution is 7.22. The number of ether oxygens (including phenoxy) is 1. The number of thiazole rings is 2. The smallest absolute Gasteiger partial charge is 0.231 e. The molecule has 2 aromatic heterocycles. The van der Waals surface area contributed by atoms with Crippen LogP contribution in [0.5, 0.6) is 5.75 Å². The van der Waals surface area contributed by atoms with Crippen LogP contribution in [0.25, 0.3) is 42.7 Å². The summed E-state index contributed by atoms with van der Waals surface area (Å²) in [6.45, 7) is 2.26. The van der Waals surface area contributed by atoms with Crippen molar-refractivity contribution in [3.05, 3.63) is 91.0 Å². The molecule has 2 fully saturated rings. The molecule has 0 radical (unpaired) electrons. The highest BCUT2D eigenvalue weighted by Gasteiger charge is 2.29. The predicted molar refractivity (Wildman–Crippen MR) is 205 cm³/mol. The Morgan fingerprint density at radius 1 is 0.692 bits per heavy atom. The minimum Gasteiger partial charge on any atom is -0.497 e. The van der Waals surface area contributed by atoms with E-state index in [4.69, 9.17) is 15.3 Å². The third kappa shape index (κ3) is 7.81. The van der Waals surface area contributed by atoms with Crippen LogP contribution < -0.4 is 15.4 Å². The Bertz CT molecular complexity index is 2310. The minimum atomic E-state index is -0.161. The Labute approximate surface area is 308 Å². The van der Waals surface area contributed by atoms with Crippen molar-refractivity contribution in [2.75, 3.05) is 43.9 Å². The SMILES string of the molecule is COc1ccc(-c2ccc3nc(NC(=O)[C@H]4CCN(C#N)C4)sc3c2)cc1.N#CN1CC[C@H](C(=O)Nc2nc3ccc(-c4ccccc4)cc3s2)C1. The summed E-state index contributed by atoms with van der Waals surface area (Å²) in [5.74, 6) is 0.393. The number of hydrogen-bond donors (Lipinski definition) is 2. The van der Waals surface area contributed by atoms with E-state index in [1.807, 2.05) is 66.7 Å². The first-order valence-electron chi connectivity index (χ1n) is 16.8. The maximum Gasteiger partial charge on any atom is 0.231 e. The van der Waals surface area contributed by atoms with Gasteiger partial charge in [0.2, 0.25) is 11.8 Å². The molecule has 0 saturated carbocycles. The summed E-state index contributed by atoms with van der Waals surface area (Å²) in [5, 5.41) is 24.9. The number of benzene rings is 4. The molecule has 2 N–H and O–H groups in total. The van der Waals surface area contributed by atoms with Gasteiger partial charge >= 0.3 is 0 Å². The fourth-order valence-electron chi connectivity index (χ4n) is 6.27. The van der Waals surface area contributed by atoms with Gasteiger partial charge in [0.25, 0.3) is 0 Å². The van der Waals surface area contributed by atoms with Crippen LogP contribution in [-0.2, 0) is 9.59 Å². The summed E-state index contributed by atoms with van der Waals surface area (Å²) < 4.78 is 7.26. The van der Waals surface area contributed by atoms with E-state index >= 15 is 0 Å². The molecule has 2 aliphatic heterocycles. The second-order valence-corrected chi connectivity index (χ2v) is 14.6. The first-order valence-corrected chi connectivity index (χ1v) is 18.4.